The second kappa shape index (κ2) is 9.86. The number of aromatic nitrogens is 2. The van der Waals surface area contributed by atoms with Crippen LogP contribution in [0.15, 0.2) is 70.8 Å². The Morgan fingerprint density at radius 2 is 1.67 bits per heavy atom. The van der Waals surface area contributed by atoms with Crippen molar-refractivity contribution in [2.24, 2.45) is 0 Å². The molecular weight excluding hydrogens is 488 g/mol. The summed E-state index contributed by atoms with van der Waals surface area (Å²) >= 11 is 6.00. The molecule has 0 spiro atoms. The third kappa shape index (κ3) is 5.49. The van der Waals surface area contributed by atoms with Crippen LogP contribution in [0, 0.1) is 0 Å². The van der Waals surface area contributed by atoms with E-state index in [1.54, 1.807) is 37.3 Å². The Hall–Kier alpha value is -3.02. The summed E-state index contributed by atoms with van der Waals surface area (Å²) in [5.74, 6) is -0.921. The van der Waals surface area contributed by atoms with Crippen molar-refractivity contribution in [1.29, 1.82) is 0 Å². The lowest BCUT2D eigenvalue weighted by molar-refractivity contribution is 0.102. The molecular formula is C21H21ClN4O5S2. The number of anilines is 2. The molecule has 0 aliphatic heterocycles. The molecule has 0 aliphatic carbocycles. The van der Waals surface area contributed by atoms with Gasteiger partial charge in [0.2, 0.25) is 15.0 Å². The summed E-state index contributed by atoms with van der Waals surface area (Å²) in [5, 5.41) is 1.93. The third-order valence-electron chi connectivity index (χ3n) is 4.58. The van der Waals surface area contributed by atoms with E-state index in [2.05, 4.69) is 15.3 Å². The Morgan fingerprint density at radius 1 is 1.03 bits per heavy atom. The number of carbonyl (C=O) groups is 1. The third-order valence-corrected chi connectivity index (χ3v) is 8.35. The van der Waals surface area contributed by atoms with Crippen molar-refractivity contribution < 1.29 is 21.6 Å². The summed E-state index contributed by atoms with van der Waals surface area (Å²) in [4.78, 5) is 20.2. The van der Waals surface area contributed by atoms with Gasteiger partial charge >= 0.3 is 0 Å². The average molecular weight is 509 g/mol. The number of benzene rings is 2. The number of hydrogen-bond donors (Lipinski definition) is 1. The molecule has 0 fully saturated rings. The van der Waals surface area contributed by atoms with Crippen molar-refractivity contribution in [2.75, 3.05) is 22.4 Å². The van der Waals surface area contributed by atoms with Gasteiger partial charge in [0.1, 0.15) is 0 Å². The number of hydrogen-bond acceptors (Lipinski definition) is 7. The number of carbonyl (C=O) groups excluding carboxylic acids is 1. The highest BCUT2D eigenvalue weighted by Gasteiger charge is 2.23. The fourth-order valence-electron chi connectivity index (χ4n) is 2.86. The largest absolute Gasteiger partial charge is 0.321 e. The molecule has 9 nitrogen and oxygen atoms in total. The Kier molecular flexibility index (Phi) is 7.35. The van der Waals surface area contributed by atoms with Gasteiger partial charge in [0, 0.05) is 12.7 Å². The molecule has 0 atom stereocenters. The van der Waals surface area contributed by atoms with E-state index in [-0.39, 0.29) is 27.1 Å². The molecule has 0 unspecified atom stereocenters. The minimum atomic E-state index is -3.81. The SMILES string of the molecule is CCCS(=O)(=O)c1ncc(Cl)c(C(=O)Nc2ccc(S(=O)(=O)N(C)c3ccccc3)cc2)n1. The van der Waals surface area contributed by atoms with E-state index in [0.717, 1.165) is 10.5 Å². The summed E-state index contributed by atoms with van der Waals surface area (Å²) in [6.45, 7) is 1.70. The number of sulfone groups is 1. The molecule has 0 aliphatic rings. The molecule has 3 aromatic rings. The molecule has 0 bridgehead atoms. The van der Waals surface area contributed by atoms with Gasteiger partial charge in [-0.2, -0.15) is 0 Å². The van der Waals surface area contributed by atoms with Gasteiger partial charge in [0.05, 0.1) is 27.6 Å². The van der Waals surface area contributed by atoms with Crippen LogP contribution in [0.2, 0.25) is 5.02 Å². The molecule has 1 N–H and O–H groups in total. The van der Waals surface area contributed by atoms with Crippen molar-refractivity contribution >= 4 is 48.7 Å². The first-order valence-corrected chi connectivity index (χ1v) is 13.2. The van der Waals surface area contributed by atoms with Crippen molar-refractivity contribution in [3.63, 3.8) is 0 Å². The van der Waals surface area contributed by atoms with Crippen LogP contribution >= 0.6 is 11.6 Å². The maximum atomic E-state index is 12.9. The van der Waals surface area contributed by atoms with Crippen molar-refractivity contribution in [2.45, 2.75) is 23.4 Å². The molecule has 0 saturated carbocycles. The number of halogens is 1. The number of sulfonamides is 1. The maximum Gasteiger partial charge on any atom is 0.275 e. The maximum absolute atomic E-state index is 12.9. The summed E-state index contributed by atoms with van der Waals surface area (Å²) in [7, 11) is -6.11. The molecule has 0 radical (unpaired) electrons. The summed E-state index contributed by atoms with van der Waals surface area (Å²) in [5.41, 5.74) is 0.470. The van der Waals surface area contributed by atoms with Crippen LogP contribution in [-0.4, -0.2) is 45.5 Å². The van der Waals surface area contributed by atoms with E-state index in [0.29, 0.717) is 12.1 Å². The monoisotopic (exact) mass is 508 g/mol. The van der Waals surface area contributed by atoms with E-state index in [4.69, 9.17) is 11.6 Å². The van der Waals surface area contributed by atoms with Gasteiger partial charge in [0.15, 0.2) is 5.69 Å². The van der Waals surface area contributed by atoms with Crippen LogP contribution in [0.3, 0.4) is 0 Å². The first kappa shape index (κ1) is 24.6. The van der Waals surface area contributed by atoms with Gasteiger partial charge in [-0.15, -0.1) is 0 Å². The van der Waals surface area contributed by atoms with Crippen LogP contribution in [-0.2, 0) is 19.9 Å². The summed E-state index contributed by atoms with van der Waals surface area (Å²) < 4.78 is 51.3. The van der Waals surface area contributed by atoms with Crippen LogP contribution in [0.4, 0.5) is 11.4 Å². The van der Waals surface area contributed by atoms with E-state index >= 15 is 0 Å². The van der Waals surface area contributed by atoms with Crippen LogP contribution in [0.25, 0.3) is 0 Å². The Balaban J connectivity index is 1.81. The highest BCUT2D eigenvalue weighted by molar-refractivity contribution is 7.92. The van der Waals surface area contributed by atoms with Crippen molar-refractivity contribution in [1.82, 2.24) is 9.97 Å². The van der Waals surface area contributed by atoms with Gasteiger partial charge in [-0.1, -0.05) is 36.7 Å². The van der Waals surface area contributed by atoms with Gasteiger partial charge in [-0.3, -0.25) is 9.10 Å². The number of nitrogens with one attached hydrogen (secondary N) is 1. The number of para-hydroxylation sites is 1. The van der Waals surface area contributed by atoms with E-state index in [1.165, 1.54) is 31.3 Å². The second-order valence-electron chi connectivity index (χ2n) is 6.95. The Bertz CT molecular complexity index is 1360. The highest BCUT2D eigenvalue weighted by Crippen LogP contribution is 2.23. The fourth-order valence-corrected chi connectivity index (χ4v) is 5.39. The normalized spacial score (nSPS) is 11.7. The van der Waals surface area contributed by atoms with E-state index in [9.17, 15) is 21.6 Å². The lowest BCUT2D eigenvalue weighted by Gasteiger charge is -2.19. The van der Waals surface area contributed by atoms with Crippen LogP contribution in [0.5, 0.6) is 0 Å². The van der Waals surface area contributed by atoms with Crippen molar-refractivity contribution in [3.05, 3.63) is 71.5 Å². The van der Waals surface area contributed by atoms with E-state index < -0.39 is 30.9 Å². The highest BCUT2D eigenvalue weighted by atomic mass is 35.5. The van der Waals surface area contributed by atoms with Crippen LogP contribution < -0.4 is 9.62 Å². The zero-order valence-corrected chi connectivity index (χ0v) is 20.2. The minimum absolute atomic E-state index is 0.0277. The fraction of sp³-hybridized carbons (Fsp3) is 0.190. The van der Waals surface area contributed by atoms with Crippen LogP contribution in [0.1, 0.15) is 23.8 Å². The summed E-state index contributed by atoms with van der Waals surface area (Å²) in [6, 6.07) is 14.1. The second-order valence-corrected chi connectivity index (χ2v) is 11.3. The molecule has 174 valence electrons. The standard InChI is InChI=1S/C21H21ClN4O5S2/c1-3-13-32(28,29)21-23-14-18(22)19(25-21)20(27)24-15-9-11-17(12-10-15)33(30,31)26(2)16-7-5-4-6-8-16/h4-12,14H,3,13H2,1-2H3,(H,24,27). The lowest BCUT2D eigenvalue weighted by atomic mass is 10.3. The molecule has 12 heteroatoms. The molecule has 1 amide bonds. The predicted molar refractivity (Wildman–Crippen MR) is 126 cm³/mol. The number of rotatable bonds is 8. The smallest absolute Gasteiger partial charge is 0.275 e. The zero-order chi connectivity index (χ0) is 24.2. The summed E-state index contributed by atoms with van der Waals surface area (Å²) in [6.07, 6.45) is 1.42. The van der Waals surface area contributed by atoms with Gasteiger partial charge in [-0.25, -0.2) is 26.8 Å². The Morgan fingerprint density at radius 3 is 2.27 bits per heavy atom. The molecule has 1 heterocycles. The average Bonchev–Trinajstić information content (AvgIpc) is 2.79. The minimum Gasteiger partial charge on any atom is -0.321 e. The lowest BCUT2D eigenvalue weighted by Crippen LogP contribution is -2.26. The van der Waals surface area contributed by atoms with Gasteiger partial charge in [0.25, 0.3) is 15.9 Å². The molecule has 33 heavy (non-hydrogen) atoms. The first-order chi connectivity index (χ1) is 15.6. The quantitative estimate of drug-likeness (QED) is 0.462. The molecule has 0 saturated heterocycles. The number of nitrogens with zero attached hydrogens (tertiary/aromatic N) is 3. The zero-order valence-electron chi connectivity index (χ0n) is 17.8. The molecule has 3 rings (SSSR count). The van der Waals surface area contributed by atoms with Gasteiger partial charge < -0.3 is 5.32 Å². The number of amides is 1. The molecule has 1 aromatic heterocycles. The molecule has 2 aromatic carbocycles. The van der Waals surface area contributed by atoms with Crippen molar-refractivity contribution in [3.8, 4) is 0 Å². The first-order valence-electron chi connectivity index (χ1n) is 9.77. The topological polar surface area (TPSA) is 126 Å². The van der Waals surface area contributed by atoms with E-state index in [1.807, 2.05) is 0 Å². The Labute approximate surface area is 197 Å². The predicted octanol–water partition coefficient (Wildman–Crippen LogP) is 3.39. The van der Waals surface area contributed by atoms with Gasteiger partial charge in [-0.05, 0) is 42.8 Å².